The molecule has 43 heavy (non-hydrogen) atoms. The number of nitrogens with zero attached hydrogens (tertiary/aromatic N) is 6. The molecule has 6 rings (SSSR count). The second kappa shape index (κ2) is 11.0. The Labute approximate surface area is 246 Å². The first-order valence-corrected chi connectivity index (χ1v) is 13.5. The number of halogens is 5. The van der Waals surface area contributed by atoms with Crippen LogP contribution in [-0.4, -0.2) is 48.2 Å². The van der Waals surface area contributed by atoms with Crippen LogP contribution in [0.15, 0.2) is 43.0 Å². The lowest BCUT2D eigenvalue weighted by Gasteiger charge is -2.19. The highest BCUT2D eigenvalue weighted by atomic mass is 35.5. The van der Waals surface area contributed by atoms with Crippen molar-refractivity contribution in [1.82, 2.24) is 24.7 Å². The molecule has 0 bridgehead atoms. The van der Waals surface area contributed by atoms with Gasteiger partial charge in [0.25, 0.3) is 12.3 Å². The highest BCUT2D eigenvalue weighted by Gasteiger charge is 2.53. The summed E-state index contributed by atoms with van der Waals surface area (Å²) in [6.45, 7) is 1.46. The molecule has 3 aromatic heterocycles. The normalized spacial score (nSPS) is 18.2. The number of anilines is 2. The predicted octanol–water partition coefficient (Wildman–Crippen LogP) is 4.94. The molecule has 222 valence electrons. The highest BCUT2D eigenvalue weighted by molar-refractivity contribution is 6.31. The van der Waals surface area contributed by atoms with Gasteiger partial charge in [0, 0.05) is 36.0 Å². The third-order valence-electron chi connectivity index (χ3n) is 7.59. The van der Waals surface area contributed by atoms with Gasteiger partial charge >= 0.3 is 0 Å². The van der Waals surface area contributed by atoms with E-state index in [1.54, 1.807) is 6.92 Å². The van der Waals surface area contributed by atoms with Gasteiger partial charge in [0.05, 0.1) is 47.1 Å². The molecule has 2 fully saturated rings. The van der Waals surface area contributed by atoms with E-state index in [0.717, 1.165) is 24.8 Å². The van der Waals surface area contributed by atoms with Crippen LogP contribution in [0.25, 0.3) is 11.3 Å². The smallest absolute Gasteiger partial charge is 0.276 e. The van der Waals surface area contributed by atoms with Crippen LogP contribution in [-0.2, 0) is 11.4 Å². The fourth-order valence-corrected chi connectivity index (χ4v) is 5.29. The minimum atomic E-state index is -3.07. The van der Waals surface area contributed by atoms with Crippen LogP contribution in [0.1, 0.15) is 53.1 Å². The zero-order valence-electron chi connectivity index (χ0n) is 22.3. The Kier molecular flexibility index (Phi) is 7.34. The summed E-state index contributed by atoms with van der Waals surface area (Å²) in [5.41, 5.74) is -1.67. The lowest BCUT2D eigenvalue weighted by molar-refractivity contribution is -0.118. The minimum absolute atomic E-state index is 0.0112. The lowest BCUT2D eigenvalue weighted by atomic mass is 10.0. The van der Waals surface area contributed by atoms with Gasteiger partial charge in [0.2, 0.25) is 5.91 Å². The average molecular weight is 616 g/mol. The van der Waals surface area contributed by atoms with E-state index in [-0.39, 0.29) is 40.6 Å². The standard InChI is InChI=1S/C28H22ClF4N7O3/c1-12(13-5-19(30)26(35-6-13)39-9-14-4-17(14)28(39)43)40-10-15(7-36-40)37-27(42)24-21(11-41)34-8-20(38-24)22-16(25(32)33)2-3-18(29)23(22)31/h2-3,5-8,10,12,14,17,25,41H,4,9,11H2,1H3,(H,37,42)/t12-,14-,17-/m1/s1. The van der Waals surface area contributed by atoms with Gasteiger partial charge in [-0.25, -0.2) is 27.5 Å². The number of benzene rings is 1. The largest absolute Gasteiger partial charge is 0.390 e. The Morgan fingerprint density at radius 2 is 2.00 bits per heavy atom. The van der Waals surface area contributed by atoms with Gasteiger partial charge in [-0.1, -0.05) is 17.7 Å². The maximum absolute atomic E-state index is 15.0. The van der Waals surface area contributed by atoms with E-state index in [1.165, 1.54) is 34.2 Å². The molecule has 1 aliphatic carbocycles. The van der Waals surface area contributed by atoms with Crippen molar-refractivity contribution in [2.75, 3.05) is 16.8 Å². The maximum atomic E-state index is 15.0. The van der Waals surface area contributed by atoms with Gasteiger partial charge in [0.1, 0.15) is 0 Å². The average Bonchev–Trinajstić information content (AvgIpc) is 3.49. The van der Waals surface area contributed by atoms with Crippen molar-refractivity contribution >= 4 is 34.9 Å². The minimum Gasteiger partial charge on any atom is -0.390 e. The van der Waals surface area contributed by atoms with Crippen LogP contribution < -0.4 is 10.2 Å². The number of fused-ring (bicyclic) bond motifs is 1. The molecule has 2 aliphatic rings. The Morgan fingerprint density at radius 1 is 1.21 bits per heavy atom. The first-order valence-electron chi connectivity index (χ1n) is 13.1. The fraction of sp³-hybridized carbons (Fsp3) is 0.286. The summed E-state index contributed by atoms with van der Waals surface area (Å²) in [5.74, 6) is -2.57. The van der Waals surface area contributed by atoms with Crippen LogP contribution >= 0.6 is 11.6 Å². The second-order valence-corrected chi connectivity index (χ2v) is 10.7. The summed E-state index contributed by atoms with van der Waals surface area (Å²) in [7, 11) is 0. The number of piperidine rings is 1. The van der Waals surface area contributed by atoms with Crippen molar-refractivity contribution in [1.29, 1.82) is 0 Å². The summed E-state index contributed by atoms with van der Waals surface area (Å²) < 4.78 is 58.4. The number of nitrogens with one attached hydrogen (secondary N) is 1. The Bertz CT molecular complexity index is 1770. The molecule has 4 heterocycles. The van der Waals surface area contributed by atoms with E-state index in [9.17, 15) is 32.3 Å². The molecule has 4 aromatic rings. The number of hydrogen-bond acceptors (Lipinski definition) is 7. The molecule has 1 aromatic carbocycles. The zero-order valence-corrected chi connectivity index (χ0v) is 23.1. The predicted molar refractivity (Wildman–Crippen MR) is 145 cm³/mol. The topological polar surface area (TPSA) is 126 Å². The number of carbonyl (C=O) groups is 2. The van der Waals surface area contributed by atoms with Gasteiger partial charge in [-0.15, -0.1) is 0 Å². The van der Waals surface area contributed by atoms with Crippen molar-refractivity contribution in [3.05, 3.63) is 82.2 Å². The SMILES string of the molecule is C[C@H](c1cnc(N2C[C@H]3C[C@H]3C2=O)c(F)c1)n1cc(NC(=O)c2nc(-c3c(C(F)F)ccc(Cl)c3F)cnc2CO)cn1. The zero-order chi connectivity index (χ0) is 30.6. The van der Waals surface area contributed by atoms with E-state index < -0.39 is 58.5 Å². The van der Waals surface area contributed by atoms with Gasteiger partial charge in [-0.3, -0.25) is 24.2 Å². The van der Waals surface area contributed by atoms with E-state index >= 15 is 0 Å². The number of aromatic nitrogens is 5. The number of pyridine rings is 1. The number of rotatable bonds is 8. The Hall–Kier alpha value is -4.43. The van der Waals surface area contributed by atoms with Crippen LogP contribution in [0, 0.1) is 23.5 Å². The van der Waals surface area contributed by atoms with E-state index in [1.807, 2.05) is 0 Å². The molecule has 0 unspecified atom stereocenters. The number of alkyl halides is 2. The van der Waals surface area contributed by atoms with Gasteiger partial charge in [0.15, 0.2) is 23.1 Å². The number of aliphatic hydroxyl groups excluding tert-OH is 1. The number of aliphatic hydroxyl groups is 1. The van der Waals surface area contributed by atoms with Crippen LogP contribution in [0.4, 0.5) is 29.1 Å². The molecule has 1 aliphatic heterocycles. The van der Waals surface area contributed by atoms with Crippen LogP contribution in [0.5, 0.6) is 0 Å². The molecule has 0 spiro atoms. The highest BCUT2D eigenvalue weighted by Crippen LogP contribution is 2.47. The van der Waals surface area contributed by atoms with Crippen molar-refractivity contribution in [2.45, 2.75) is 32.4 Å². The lowest BCUT2D eigenvalue weighted by Crippen LogP contribution is -2.29. The summed E-state index contributed by atoms with van der Waals surface area (Å²) in [4.78, 5) is 39.0. The van der Waals surface area contributed by atoms with E-state index in [4.69, 9.17) is 11.6 Å². The molecule has 3 atom stereocenters. The third-order valence-corrected chi connectivity index (χ3v) is 7.88. The van der Waals surface area contributed by atoms with Gasteiger partial charge in [-0.2, -0.15) is 5.10 Å². The van der Waals surface area contributed by atoms with E-state index in [0.29, 0.717) is 12.1 Å². The molecular formula is C28H22ClF4N7O3. The molecule has 1 saturated carbocycles. The van der Waals surface area contributed by atoms with Gasteiger partial charge < -0.3 is 10.4 Å². The third kappa shape index (κ3) is 5.20. The van der Waals surface area contributed by atoms with Gasteiger partial charge in [-0.05, 0) is 37.0 Å². The first-order chi connectivity index (χ1) is 20.6. The Morgan fingerprint density at radius 3 is 2.67 bits per heavy atom. The monoisotopic (exact) mass is 615 g/mol. The quantitative estimate of drug-likeness (QED) is 0.269. The fourth-order valence-electron chi connectivity index (χ4n) is 5.14. The summed E-state index contributed by atoms with van der Waals surface area (Å²) in [6.07, 6.45) is 2.94. The molecule has 2 amide bonds. The molecule has 2 N–H and O–H groups in total. The second-order valence-electron chi connectivity index (χ2n) is 10.3. The number of amides is 2. The molecule has 1 saturated heterocycles. The van der Waals surface area contributed by atoms with Crippen molar-refractivity contribution in [3.63, 3.8) is 0 Å². The van der Waals surface area contributed by atoms with Crippen LogP contribution in [0.3, 0.4) is 0 Å². The van der Waals surface area contributed by atoms with Crippen molar-refractivity contribution in [2.24, 2.45) is 11.8 Å². The number of carbonyl (C=O) groups excluding carboxylic acids is 2. The maximum Gasteiger partial charge on any atom is 0.276 e. The Balaban J connectivity index is 1.22. The molecular weight excluding hydrogens is 594 g/mol. The van der Waals surface area contributed by atoms with E-state index in [2.05, 4.69) is 25.4 Å². The van der Waals surface area contributed by atoms with Crippen molar-refractivity contribution in [3.8, 4) is 11.3 Å². The van der Waals surface area contributed by atoms with Crippen LogP contribution in [0.2, 0.25) is 5.02 Å². The summed E-state index contributed by atoms with van der Waals surface area (Å²) >= 11 is 5.80. The summed E-state index contributed by atoms with van der Waals surface area (Å²) in [5, 5.41) is 16.0. The van der Waals surface area contributed by atoms with Crippen molar-refractivity contribution < 1.29 is 32.3 Å². The molecule has 0 radical (unpaired) electrons. The summed E-state index contributed by atoms with van der Waals surface area (Å²) in [6, 6.07) is 2.69. The number of hydrogen-bond donors (Lipinski definition) is 2. The first kappa shape index (κ1) is 28.7. The molecule has 10 nitrogen and oxygen atoms in total. The molecule has 15 heteroatoms.